The number of anilines is 1. The SMILES string of the molecule is O=S(=O)(Nc1c(Cl)cccc1Cl)c1nc2nc(OCC(F)(F)F)ccn2n1. The van der Waals surface area contributed by atoms with Crippen LogP contribution in [0.1, 0.15) is 0 Å². The number of hydrogen-bond acceptors (Lipinski definition) is 6. The van der Waals surface area contributed by atoms with Gasteiger partial charge < -0.3 is 4.74 Å². The minimum absolute atomic E-state index is 0.0517. The minimum atomic E-state index is -4.55. The number of para-hydroxylation sites is 1. The number of rotatable bonds is 5. The Morgan fingerprint density at radius 3 is 2.44 bits per heavy atom. The number of benzene rings is 1. The first-order valence-electron chi connectivity index (χ1n) is 6.95. The second kappa shape index (κ2) is 7.02. The van der Waals surface area contributed by atoms with Crippen molar-refractivity contribution in [1.82, 2.24) is 19.6 Å². The molecule has 2 heterocycles. The molecule has 8 nitrogen and oxygen atoms in total. The van der Waals surface area contributed by atoms with Crippen LogP contribution < -0.4 is 9.46 Å². The highest BCUT2D eigenvalue weighted by Crippen LogP contribution is 2.31. The van der Waals surface area contributed by atoms with E-state index >= 15 is 0 Å². The Balaban J connectivity index is 1.90. The molecule has 14 heteroatoms. The highest BCUT2D eigenvalue weighted by molar-refractivity contribution is 7.92. The highest BCUT2D eigenvalue weighted by Gasteiger charge is 2.29. The largest absolute Gasteiger partial charge is 0.468 e. The number of nitrogens with one attached hydrogen (secondary N) is 1. The van der Waals surface area contributed by atoms with Gasteiger partial charge in [-0.2, -0.15) is 31.6 Å². The molecular formula is C13H8Cl2F3N5O3S. The lowest BCUT2D eigenvalue weighted by molar-refractivity contribution is -0.154. The zero-order chi connectivity index (χ0) is 19.8. The molecule has 0 saturated carbocycles. The van der Waals surface area contributed by atoms with E-state index in [-0.39, 0.29) is 21.5 Å². The fraction of sp³-hybridized carbons (Fsp3) is 0.154. The standard InChI is InChI=1S/C13H8Cl2F3N5O3S/c14-7-2-1-3-8(15)10(7)22-27(24,25)12-20-11-19-9(4-5-23(11)21-12)26-6-13(16,17)18/h1-5,22H,6H2. The number of ether oxygens (including phenoxy) is 1. The lowest BCUT2D eigenvalue weighted by Crippen LogP contribution is -2.19. The Labute approximate surface area is 159 Å². The molecule has 0 radical (unpaired) electrons. The van der Waals surface area contributed by atoms with Gasteiger partial charge in [-0.25, -0.2) is 4.52 Å². The van der Waals surface area contributed by atoms with E-state index in [1.807, 2.05) is 0 Å². The smallest absolute Gasteiger partial charge is 0.422 e. The average molecular weight is 442 g/mol. The number of fused-ring (bicyclic) bond motifs is 1. The quantitative estimate of drug-likeness (QED) is 0.652. The Bertz CT molecular complexity index is 1080. The van der Waals surface area contributed by atoms with Gasteiger partial charge >= 0.3 is 6.18 Å². The molecule has 0 atom stereocenters. The predicted octanol–water partition coefficient (Wildman–Crippen LogP) is 3.17. The number of halogens is 5. The highest BCUT2D eigenvalue weighted by atomic mass is 35.5. The minimum Gasteiger partial charge on any atom is -0.468 e. The van der Waals surface area contributed by atoms with Gasteiger partial charge in [-0.05, 0) is 12.1 Å². The van der Waals surface area contributed by atoms with Crippen LogP contribution in [0, 0.1) is 0 Å². The van der Waals surface area contributed by atoms with Crippen molar-refractivity contribution in [1.29, 1.82) is 0 Å². The van der Waals surface area contributed by atoms with Gasteiger partial charge in [-0.15, -0.1) is 5.10 Å². The number of hydrogen-bond donors (Lipinski definition) is 1. The summed E-state index contributed by atoms with van der Waals surface area (Å²) in [5, 5.41) is 3.14. The summed E-state index contributed by atoms with van der Waals surface area (Å²) in [6.45, 7) is -1.55. The average Bonchev–Trinajstić information content (AvgIpc) is 3.00. The van der Waals surface area contributed by atoms with Crippen molar-refractivity contribution in [2.45, 2.75) is 11.3 Å². The van der Waals surface area contributed by atoms with Crippen LogP contribution in [0.5, 0.6) is 5.88 Å². The number of nitrogens with zero attached hydrogens (tertiary/aromatic N) is 4. The third-order valence-corrected chi connectivity index (χ3v) is 4.74. The third kappa shape index (κ3) is 4.51. The van der Waals surface area contributed by atoms with Crippen LogP contribution in [0.3, 0.4) is 0 Å². The number of alkyl halides is 3. The van der Waals surface area contributed by atoms with Gasteiger partial charge in [0.1, 0.15) is 0 Å². The van der Waals surface area contributed by atoms with Crippen molar-refractivity contribution >= 4 is 44.7 Å². The van der Waals surface area contributed by atoms with E-state index in [2.05, 4.69) is 24.5 Å². The molecule has 0 aliphatic rings. The van der Waals surface area contributed by atoms with E-state index < -0.39 is 33.8 Å². The van der Waals surface area contributed by atoms with Crippen molar-refractivity contribution in [3.8, 4) is 5.88 Å². The van der Waals surface area contributed by atoms with Crippen molar-refractivity contribution in [3.63, 3.8) is 0 Å². The van der Waals surface area contributed by atoms with Crippen LogP contribution in [0.4, 0.5) is 18.9 Å². The van der Waals surface area contributed by atoms with Crippen LogP contribution in [0.2, 0.25) is 10.0 Å². The van der Waals surface area contributed by atoms with Crippen molar-refractivity contribution in [2.75, 3.05) is 11.3 Å². The number of sulfonamides is 1. The molecule has 3 rings (SSSR count). The molecule has 0 bridgehead atoms. The first-order chi connectivity index (χ1) is 12.5. The lowest BCUT2D eigenvalue weighted by atomic mass is 10.3. The van der Waals surface area contributed by atoms with E-state index in [4.69, 9.17) is 23.2 Å². The maximum atomic E-state index is 12.4. The summed E-state index contributed by atoms with van der Waals surface area (Å²) >= 11 is 11.8. The Morgan fingerprint density at radius 2 is 1.81 bits per heavy atom. The van der Waals surface area contributed by atoms with Gasteiger partial charge in [-0.3, -0.25) is 4.72 Å². The summed E-state index contributed by atoms with van der Waals surface area (Å²) in [5.74, 6) is -0.668. The molecule has 1 N–H and O–H groups in total. The van der Waals surface area contributed by atoms with Crippen molar-refractivity contribution in [2.24, 2.45) is 0 Å². The molecule has 0 aliphatic carbocycles. The van der Waals surface area contributed by atoms with E-state index in [1.165, 1.54) is 18.2 Å². The lowest BCUT2D eigenvalue weighted by Gasteiger charge is -2.08. The van der Waals surface area contributed by atoms with E-state index in [0.717, 1.165) is 16.8 Å². The van der Waals surface area contributed by atoms with Gasteiger partial charge in [0.2, 0.25) is 5.88 Å². The Hall–Kier alpha value is -2.31. The maximum Gasteiger partial charge on any atom is 0.422 e. The van der Waals surface area contributed by atoms with E-state index in [1.54, 1.807) is 0 Å². The molecule has 0 unspecified atom stereocenters. The molecule has 0 fully saturated rings. The summed E-state index contributed by atoms with van der Waals surface area (Å²) in [5.41, 5.74) is -0.0677. The van der Waals surface area contributed by atoms with Gasteiger partial charge in [0.25, 0.3) is 21.0 Å². The normalized spacial score (nSPS) is 12.3. The fourth-order valence-electron chi connectivity index (χ4n) is 1.87. The topological polar surface area (TPSA) is 98.5 Å². The van der Waals surface area contributed by atoms with Gasteiger partial charge in [0.05, 0.1) is 15.7 Å². The summed E-state index contributed by atoms with van der Waals surface area (Å²) in [6.07, 6.45) is -3.39. The number of aromatic nitrogens is 4. The third-order valence-electron chi connectivity index (χ3n) is 2.99. The molecule has 0 amide bonds. The van der Waals surface area contributed by atoms with Crippen molar-refractivity contribution < 1.29 is 26.3 Å². The Morgan fingerprint density at radius 1 is 1.15 bits per heavy atom. The molecule has 27 heavy (non-hydrogen) atoms. The zero-order valence-electron chi connectivity index (χ0n) is 12.9. The molecule has 2 aromatic heterocycles. The molecule has 144 valence electrons. The summed E-state index contributed by atoms with van der Waals surface area (Å²) in [4.78, 5) is 7.37. The van der Waals surface area contributed by atoms with E-state index in [0.29, 0.717) is 0 Å². The monoisotopic (exact) mass is 441 g/mol. The van der Waals surface area contributed by atoms with E-state index in [9.17, 15) is 21.6 Å². The molecule has 0 spiro atoms. The zero-order valence-corrected chi connectivity index (χ0v) is 15.2. The summed E-state index contributed by atoms with van der Waals surface area (Å²) < 4.78 is 69.1. The van der Waals surface area contributed by atoms with Crippen LogP contribution in [0.25, 0.3) is 5.78 Å². The molecule has 1 aromatic carbocycles. The van der Waals surface area contributed by atoms with Crippen LogP contribution in [0.15, 0.2) is 35.6 Å². The molecule has 0 saturated heterocycles. The Kier molecular flexibility index (Phi) is 5.06. The first kappa shape index (κ1) is 19.5. The maximum absolute atomic E-state index is 12.4. The second-order valence-corrected chi connectivity index (χ2v) is 7.40. The van der Waals surface area contributed by atoms with Gasteiger partial charge in [-0.1, -0.05) is 29.3 Å². The summed E-state index contributed by atoms with van der Waals surface area (Å²) in [6, 6.07) is 5.46. The molecule has 3 aromatic rings. The van der Waals surface area contributed by atoms with Crippen molar-refractivity contribution in [3.05, 3.63) is 40.5 Å². The van der Waals surface area contributed by atoms with Gasteiger partial charge in [0.15, 0.2) is 6.61 Å². The first-order valence-corrected chi connectivity index (χ1v) is 9.19. The summed E-state index contributed by atoms with van der Waals surface area (Å²) in [7, 11) is -4.29. The fourth-order valence-corrected chi connectivity index (χ4v) is 3.45. The second-order valence-electron chi connectivity index (χ2n) is 5.01. The molecular weight excluding hydrogens is 434 g/mol. The van der Waals surface area contributed by atoms with Crippen LogP contribution in [-0.4, -0.2) is 40.8 Å². The predicted molar refractivity (Wildman–Crippen MR) is 89.6 cm³/mol. The van der Waals surface area contributed by atoms with Gasteiger partial charge in [0, 0.05) is 12.3 Å². The van der Waals surface area contributed by atoms with Crippen LogP contribution >= 0.6 is 23.2 Å². The van der Waals surface area contributed by atoms with Crippen LogP contribution in [-0.2, 0) is 10.0 Å². The molecule has 0 aliphatic heterocycles.